The second-order valence-electron chi connectivity index (χ2n) is 3.62. The van der Waals surface area contributed by atoms with Crippen molar-refractivity contribution in [2.24, 2.45) is 5.84 Å². The molecule has 4 N–H and O–H groups in total. The Labute approximate surface area is 110 Å². The number of hydrazine groups is 1. The van der Waals surface area contributed by atoms with Crippen LogP contribution in [0.2, 0.25) is 0 Å². The predicted molar refractivity (Wildman–Crippen MR) is 64.2 cm³/mol. The molecular weight excluding hydrogens is 308 g/mol. The summed E-state index contributed by atoms with van der Waals surface area (Å²) in [4.78, 5) is 3.90. The Morgan fingerprint density at radius 1 is 1.44 bits per heavy atom. The molecule has 1 atom stereocenters. The average Bonchev–Trinajstić information content (AvgIpc) is 2.88. The zero-order valence-corrected chi connectivity index (χ0v) is 10.7. The van der Waals surface area contributed by atoms with Gasteiger partial charge < -0.3 is 0 Å². The molecule has 5 nitrogen and oxygen atoms in total. The number of benzene rings is 1. The third kappa shape index (κ3) is 2.55. The van der Waals surface area contributed by atoms with Crippen molar-refractivity contribution in [1.29, 1.82) is 0 Å². The van der Waals surface area contributed by atoms with Gasteiger partial charge in [-0.3, -0.25) is 10.9 Å². The minimum atomic E-state index is -0.644. The first kappa shape index (κ1) is 13.1. The number of nitrogens with one attached hydrogen (secondary N) is 2. The molecule has 0 bridgehead atoms. The van der Waals surface area contributed by atoms with Gasteiger partial charge in [0.15, 0.2) is 0 Å². The van der Waals surface area contributed by atoms with Crippen molar-refractivity contribution in [3.8, 4) is 0 Å². The van der Waals surface area contributed by atoms with Crippen LogP contribution < -0.4 is 11.3 Å². The molecule has 0 spiro atoms. The lowest BCUT2D eigenvalue weighted by Gasteiger charge is -2.14. The zero-order valence-electron chi connectivity index (χ0n) is 9.12. The number of rotatable bonds is 4. The van der Waals surface area contributed by atoms with E-state index < -0.39 is 17.7 Å². The molecule has 96 valence electrons. The van der Waals surface area contributed by atoms with Crippen molar-refractivity contribution in [3.63, 3.8) is 0 Å². The van der Waals surface area contributed by atoms with Gasteiger partial charge in [0.25, 0.3) is 0 Å². The fourth-order valence-corrected chi connectivity index (χ4v) is 1.95. The van der Waals surface area contributed by atoms with E-state index in [2.05, 4.69) is 36.5 Å². The number of H-pyrrole nitrogens is 1. The fraction of sp³-hybridized carbons (Fsp3) is 0.200. The highest BCUT2D eigenvalue weighted by Crippen LogP contribution is 2.25. The number of aromatic nitrogens is 3. The molecule has 0 aliphatic rings. The molecule has 2 rings (SSSR count). The minimum absolute atomic E-state index is 0.0167. The van der Waals surface area contributed by atoms with Crippen LogP contribution in [0.3, 0.4) is 0 Å². The molecule has 0 radical (unpaired) electrons. The highest BCUT2D eigenvalue weighted by molar-refractivity contribution is 9.10. The number of nitrogens with zero attached hydrogens (tertiary/aromatic N) is 2. The lowest BCUT2D eigenvalue weighted by atomic mass is 10.0. The van der Waals surface area contributed by atoms with Crippen LogP contribution in [0.25, 0.3) is 0 Å². The van der Waals surface area contributed by atoms with Gasteiger partial charge in [-0.05, 0) is 28.1 Å². The summed E-state index contributed by atoms with van der Waals surface area (Å²) in [5.41, 5.74) is 2.38. The SMILES string of the molecule is NNC(Cc1c(F)ccc(Br)c1F)c1ncn[nH]1. The van der Waals surface area contributed by atoms with E-state index in [9.17, 15) is 8.78 Å². The van der Waals surface area contributed by atoms with Crippen molar-refractivity contribution in [2.75, 3.05) is 0 Å². The molecule has 0 aliphatic carbocycles. The maximum absolute atomic E-state index is 13.8. The lowest BCUT2D eigenvalue weighted by Crippen LogP contribution is -2.31. The van der Waals surface area contributed by atoms with Crippen molar-refractivity contribution in [1.82, 2.24) is 20.6 Å². The van der Waals surface area contributed by atoms with Gasteiger partial charge in [0.1, 0.15) is 23.8 Å². The monoisotopic (exact) mass is 317 g/mol. The smallest absolute Gasteiger partial charge is 0.143 e. The minimum Gasteiger partial charge on any atom is -0.271 e. The van der Waals surface area contributed by atoms with Gasteiger partial charge in [0.05, 0.1) is 10.5 Å². The Morgan fingerprint density at radius 3 is 2.83 bits per heavy atom. The molecule has 1 aromatic heterocycles. The average molecular weight is 318 g/mol. The van der Waals surface area contributed by atoms with Gasteiger partial charge in [-0.25, -0.2) is 19.2 Å². The summed E-state index contributed by atoms with van der Waals surface area (Å²) in [6.07, 6.45) is 1.32. The van der Waals surface area contributed by atoms with Crippen LogP contribution in [0, 0.1) is 11.6 Å². The Morgan fingerprint density at radius 2 is 2.22 bits per heavy atom. The lowest BCUT2D eigenvalue weighted by molar-refractivity contribution is 0.483. The summed E-state index contributed by atoms with van der Waals surface area (Å²) < 4.78 is 27.6. The molecule has 0 saturated heterocycles. The van der Waals surface area contributed by atoms with E-state index in [0.717, 1.165) is 0 Å². The van der Waals surface area contributed by atoms with E-state index in [4.69, 9.17) is 5.84 Å². The van der Waals surface area contributed by atoms with E-state index in [1.54, 1.807) is 0 Å². The van der Waals surface area contributed by atoms with Crippen LogP contribution in [0.15, 0.2) is 22.9 Å². The van der Waals surface area contributed by atoms with E-state index in [1.165, 1.54) is 18.5 Å². The molecule has 0 fully saturated rings. The van der Waals surface area contributed by atoms with Gasteiger partial charge in [0, 0.05) is 12.0 Å². The second-order valence-corrected chi connectivity index (χ2v) is 4.47. The summed E-state index contributed by atoms with van der Waals surface area (Å²) in [6.45, 7) is 0. The standard InChI is InChI=1S/C10H10BrF2N5/c11-6-1-2-7(12)5(9(6)13)3-8(17-14)10-15-4-16-18-10/h1-2,4,8,17H,3,14H2,(H,15,16,18). The number of aromatic amines is 1. The van der Waals surface area contributed by atoms with Crippen LogP contribution in [-0.4, -0.2) is 15.2 Å². The number of hydrogen-bond acceptors (Lipinski definition) is 4. The fourth-order valence-electron chi connectivity index (χ4n) is 1.58. The number of halogens is 3. The summed E-state index contributed by atoms with van der Waals surface area (Å²) in [5, 5.41) is 6.27. The Bertz CT molecular complexity index is 531. The van der Waals surface area contributed by atoms with Crippen LogP contribution in [0.4, 0.5) is 8.78 Å². The molecule has 0 amide bonds. The van der Waals surface area contributed by atoms with E-state index >= 15 is 0 Å². The molecular formula is C10H10BrF2N5. The highest BCUT2D eigenvalue weighted by Gasteiger charge is 2.20. The molecule has 1 aromatic carbocycles. The van der Waals surface area contributed by atoms with Crippen molar-refractivity contribution < 1.29 is 8.78 Å². The second kappa shape index (κ2) is 5.51. The zero-order chi connectivity index (χ0) is 13.1. The topological polar surface area (TPSA) is 79.6 Å². The van der Waals surface area contributed by atoms with Gasteiger partial charge in [0.2, 0.25) is 0 Å². The summed E-state index contributed by atoms with van der Waals surface area (Å²) >= 11 is 3.01. The maximum Gasteiger partial charge on any atom is 0.143 e. The van der Waals surface area contributed by atoms with E-state index in [-0.39, 0.29) is 16.5 Å². The first-order chi connectivity index (χ1) is 8.63. The molecule has 0 saturated carbocycles. The molecule has 2 aromatic rings. The van der Waals surface area contributed by atoms with E-state index in [1.807, 2.05) is 0 Å². The van der Waals surface area contributed by atoms with Gasteiger partial charge in [-0.1, -0.05) is 0 Å². The first-order valence-electron chi connectivity index (χ1n) is 5.07. The van der Waals surface area contributed by atoms with Crippen molar-refractivity contribution >= 4 is 15.9 Å². The van der Waals surface area contributed by atoms with Crippen molar-refractivity contribution in [2.45, 2.75) is 12.5 Å². The van der Waals surface area contributed by atoms with Gasteiger partial charge >= 0.3 is 0 Å². The quantitative estimate of drug-likeness (QED) is 0.454. The molecule has 1 unspecified atom stereocenters. The van der Waals surface area contributed by atoms with Gasteiger partial charge in [-0.2, -0.15) is 5.10 Å². The maximum atomic E-state index is 13.8. The largest absolute Gasteiger partial charge is 0.271 e. The van der Waals surface area contributed by atoms with E-state index in [0.29, 0.717) is 5.82 Å². The summed E-state index contributed by atoms with van der Waals surface area (Å²) in [6, 6.07) is 1.95. The Kier molecular flexibility index (Phi) is 4.00. The molecule has 1 heterocycles. The Hall–Kier alpha value is -1.38. The number of hydrogen-bond donors (Lipinski definition) is 3. The normalized spacial score (nSPS) is 12.7. The third-order valence-electron chi connectivity index (χ3n) is 2.51. The highest BCUT2D eigenvalue weighted by atomic mass is 79.9. The predicted octanol–water partition coefficient (Wildman–Crippen LogP) is 1.59. The first-order valence-corrected chi connectivity index (χ1v) is 5.86. The van der Waals surface area contributed by atoms with Gasteiger partial charge in [-0.15, -0.1) is 0 Å². The van der Waals surface area contributed by atoms with Crippen LogP contribution in [0.1, 0.15) is 17.4 Å². The molecule has 18 heavy (non-hydrogen) atoms. The molecule has 0 aliphatic heterocycles. The Balaban J connectivity index is 2.30. The summed E-state index contributed by atoms with van der Waals surface area (Å²) in [7, 11) is 0. The van der Waals surface area contributed by atoms with Crippen molar-refractivity contribution in [3.05, 3.63) is 46.0 Å². The summed E-state index contributed by atoms with van der Waals surface area (Å²) in [5.74, 6) is 4.50. The van der Waals surface area contributed by atoms with Crippen LogP contribution in [0.5, 0.6) is 0 Å². The number of nitrogens with two attached hydrogens (primary N) is 1. The van der Waals surface area contributed by atoms with Crippen LogP contribution in [-0.2, 0) is 6.42 Å². The molecule has 8 heteroatoms. The van der Waals surface area contributed by atoms with Crippen LogP contribution >= 0.6 is 15.9 Å². The third-order valence-corrected chi connectivity index (χ3v) is 3.12.